The van der Waals surface area contributed by atoms with Gasteiger partial charge in [0.2, 0.25) is 5.91 Å². The maximum absolute atomic E-state index is 11.9. The molecule has 0 aliphatic rings. The highest BCUT2D eigenvalue weighted by molar-refractivity contribution is 5.93. The van der Waals surface area contributed by atoms with E-state index in [4.69, 9.17) is 10.00 Å². The van der Waals surface area contributed by atoms with Crippen molar-refractivity contribution < 1.29 is 9.53 Å². The summed E-state index contributed by atoms with van der Waals surface area (Å²) >= 11 is 0. The molecular weight excluding hydrogens is 254 g/mol. The van der Waals surface area contributed by atoms with Gasteiger partial charge in [0, 0.05) is 6.54 Å². The first kappa shape index (κ1) is 16.2. The van der Waals surface area contributed by atoms with E-state index in [1.165, 1.54) is 0 Å². The zero-order chi connectivity index (χ0) is 15.0. The van der Waals surface area contributed by atoms with Gasteiger partial charge in [-0.15, -0.1) is 0 Å². The third kappa shape index (κ3) is 5.83. The lowest BCUT2D eigenvalue weighted by Gasteiger charge is -2.17. The highest BCUT2D eigenvalue weighted by Gasteiger charge is 2.09. The number of nitrogens with zero attached hydrogens (tertiary/aromatic N) is 2. The first-order valence-electron chi connectivity index (χ1n) is 6.62. The van der Waals surface area contributed by atoms with Crippen LogP contribution < -0.4 is 5.32 Å². The summed E-state index contributed by atoms with van der Waals surface area (Å²) < 4.78 is 5.43. The average molecular weight is 275 g/mol. The Morgan fingerprint density at radius 1 is 1.45 bits per heavy atom. The summed E-state index contributed by atoms with van der Waals surface area (Å²) in [5.41, 5.74) is 1.01. The maximum Gasteiger partial charge on any atom is 0.238 e. The van der Waals surface area contributed by atoms with Crippen LogP contribution in [0.4, 0.5) is 5.69 Å². The molecule has 0 aliphatic carbocycles. The number of anilines is 1. The van der Waals surface area contributed by atoms with E-state index in [-0.39, 0.29) is 18.6 Å². The SMILES string of the molecule is CC(C)OCCN(C)CC(=O)Nc1ccccc1C#N. The fourth-order valence-electron chi connectivity index (χ4n) is 1.65. The second-order valence-corrected chi connectivity index (χ2v) is 4.86. The Morgan fingerprint density at radius 3 is 2.80 bits per heavy atom. The lowest BCUT2D eigenvalue weighted by molar-refractivity contribution is -0.117. The van der Waals surface area contributed by atoms with E-state index in [0.29, 0.717) is 24.4 Å². The molecule has 0 saturated heterocycles. The van der Waals surface area contributed by atoms with Crippen molar-refractivity contribution in [1.82, 2.24) is 4.90 Å². The maximum atomic E-state index is 11.9. The average Bonchev–Trinajstić information content (AvgIpc) is 2.38. The van der Waals surface area contributed by atoms with Crippen LogP contribution in [-0.2, 0) is 9.53 Å². The van der Waals surface area contributed by atoms with Crippen LogP contribution in [-0.4, -0.2) is 43.7 Å². The standard InChI is InChI=1S/C15H21N3O2/c1-12(2)20-9-8-18(3)11-15(19)17-14-7-5-4-6-13(14)10-16/h4-7,12H,8-9,11H2,1-3H3,(H,17,19). The van der Waals surface area contributed by atoms with Crippen molar-refractivity contribution in [1.29, 1.82) is 5.26 Å². The number of carbonyl (C=O) groups is 1. The molecule has 1 amide bonds. The van der Waals surface area contributed by atoms with Gasteiger partial charge in [-0.3, -0.25) is 9.69 Å². The number of ether oxygens (including phenoxy) is 1. The normalized spacial score (nSPS) is 10.6. The summed E-state index contributed by atoms with van der Waals surface area (Å²) in [7, 11) is 1.86. The number of para-hydroxylation sites is 1. The monoisotopic (exact) mass is 275 g/mol. The van der Waals surface area contributed by atoms with Gasteiger partial charge in [-0.25, -0.2) is 0 Å². The molecule has 1 rings (SSSR count). The summed E-state index contributed by atoms with van der Waals surface area (Å²) in [5.74, 6) is -0.139. The largest absolute Gasteiger partial charge is 0.377 e. The first-order chi connectivity index (χ1) is 9.52. The predicted molar refractivity (Wildman–Crippen MR) is 78.4 cm³/mol. The van der Waals surface area contributed by atoms with Gasteiger partial charge in [-0.1, -0.05) is 12.1 Å². The number of benzene rings is 1. The highest BCUT2D eigenvalue weighted by atomic mass is 16.5. The molecule has 0 radical (unpaired) electrons. The van der Waals surface area contributed by atoms with Crippen molar-refractivity contribution in [3.8, 4) is 6.07 Å². The number of rotatable bonds is 7. The predicted octanol–water partition coefficient (Wildman–Crippen LogP) is 1.85. The number of nitrogens with one attached hydrogen (secondary N) is 1. The number of amides is 1. The van der Waals surface area contributed by atoms with E-state index in [1.54, 1.807) is 24.3 Å². The molecule has 0 atom stereocenters. The fraction of sp³-hybridized carbons (Fsp3) is 0.467. The Kier molecular flexibility index (Phi) is 6.71. The van der Waals surface area contributed by atoms with Gasteiger partial charge in [-0.05, 0) is 33.0 Å². The van der Waals surface area contributed by atoms with Crippen molar-refractivity contribution in [3.63, 3.8) is 0 Å². The van der Waals surface area contributed by atoms with Crippen LogP contribution in [0.15, 0.2) is 24.3 Å². The highest BCUT2D eigenvalue weighted by Crippen LogP contribution is 2.13. The fourth-order valence-corrected chi connectivity index (χ4v) is 1.65. The summed E-state index contributed by atoms with van der Waals surface area (Å²) in [6.45, 7) is 5.50. The number of hydrogen-bond donors (Lipinski definition) is 1. The minimum absolute atomic E-state index is 0.139. The van der Waals surface area contributed by atoms with Gasteiger partial charge in [0.05, 0.1) is 30.5 Å². The second kappa shape index (κ2) is 8.31. The topological polar surface area (TPSA) is 65.4 Å². The molecule has 5 nitrogen and oxygen atoms in total. The lowest BCUT2D eigenvalue weighted by atomic mass is 10.2. The smallest absolute Gasteiger partial charge is 0.238 e. The van der Waals surface area contributed by atoms with Gasteiger partial charge in [-0.2, -0.15) is 5.26 Å². The zero-order valence-corrected chi connectivity index (χ0v) is 12.2. The summed E-state index contributed by atoms with van der Waals surface area (Å²) in [6.07, 6.45) is 0.194. The Balaban J connectivity index is 2.41. The lowest BCUT2D eigenvalue weighted by Crippen LogP contribution is -2.33. The molecule has 1 aromatic carbocycles. The minimum Gasteiger partial charge on any atom is -0.377 e. The van der Waals surface area contributed by atoms with Gasteiger partial charge >= 0.3 is 0 Å². The number of nitriles is 1. The van der Waals surface area contributed by atoms with Crippen molar-refractivity contribution in [2.24, 2.45) is 0 Å². The molecule has 5 heteroatoms. The zero-order valence-electron chi connectivity index (χ0n) is 12.2. The van der Waals surface area contributed by atoms with E-state index in [1.807, 2.05) is 25.8 Å². The van der Waals surface area contributed by atoms with Gasteiger partial charge in [0.25, 0.3) is 0 Å². The quantitative estimate of drug-likeness (QED) is 0.825. The molecular formula is C15H21N3O2. The van der Waals surface area contributed by atoms with Gasteiger partial charge in [0.1, 0.15) is 6.07 Å². The molecule has 0 unspecified atom stereocenters. The Bertz CT molecular complexity index is 480. The Hall–Kier alpha value is -1.90. The summed E-state index contributed by atoms with van der Waals surface area (Å²) in [4.78, 5) is 13.8. The van der Waals surface area contributed by atoms with E-state index >= 15 is 0 Å². The van der Waals surface area contributed by atoms with Crippen LogP contribution in [0.1, 0.15) is 19.4 Å². The molecule has 0 bridgehead atoms. The molecule has 0 aliphatic heterocycles. The Labute approximate surface area is 120 Å². The second-order valence-electron chi connectivity index (χ2n) is 4.86. The molecule has 1 aromatic rings. The van der Waals surface area contributed by atoms with E-state index in [9.17, 15) is 4.79 Å². The van der Waals surface area contributed by atoms with E-state index in [2.05, 4.69) is 11.4 Å². The van der Waals surface area contributed by atoms with Crippen molar-refractivity contribution >= 4 is 11.6 Å². The Morgan fingerprint density at radius 2 is 2.15 bits per heavy atom. The number of likely N-dealkylation sites (N-methyl/N-ethyl adjacent to an activating group) is 1. The molecule has 0 heterocycles. The molecule has 20 heavy (non-hydrogen) atoms. The van der Waals surface area contributed by atoms with Crippen molar-refractivity contribution in [3.05, 3.63) is 29.8 Å². The molecule has 0 fully saturated rings. The number of hydrogen-bond acceptors (Lipinski definition) is 4. The van der Waals surface area contributed by atoms with E-state index < -0.39 is 0 Å². The summed E-state index contributed by atoms with van der Waals surface area (Å²) in [5, 5.41) is 11.7. The van der Waals surface area contributed by atoms with E-state index in [0.717, 1.165) is 0 Å². The summed E-state index contributed by atoms with van der Waals surface area (Å²) in [6, 6.07) is 9.01. The van der Waals surface area contributed by atoms with Crippen LogP contribution in [0.5, 0.6) is 0 Å². The molecule has 108 valence electrons. The van der Waals surface area contributed by atoms with Crippen LogP contribution >= 0.6 is 0 Å². The molecule has 0 saturated carbocycles. The van der Waals surface area contributed by atoms with Crippen molar-refractivity contribution in [2.45, 2.75) is 20.0 Å². The molecule has 0 spiro atoms. The van der Waals surface area contributed by atoms with Gasteiger partial charge < -0.3 is 10.1 Å². The number of carbonyl (C=O) groups excluding carboxylic acids is 1. The molecule has 0 aromatic heterocycles. The van der Waals surface area contributed by atoms with Crippen LogP contribution in [0, 0.1) is 11.3 Å². The van der Waals surface area contributed by atoms with Crippen molar-refractivity contribution in [2.75, 3.05) is 32.1 Å². The third-order valence-corrected chi connectivity index (χ3v) is 2.66. The van der Waals surface area contributed by atoms with Gasteiger partial charge in [0.15, 0.2) is 0 Å². The minimum atomic E-state index is -0.139. The van der Waals surface area contributed by atoms with Crippen LogP contribution in [0.3, 0.4) is 0 Å². The first-order valence-corrected chi connectivity index (χ1v) is 6.62. The van der Waals surface area contributed by atoms with Crippen LogP contribution in [0.25, 0.3) is 0 Å². The molecule has 1 N–H and O–H groups in total. The third-order valence-electron chi connectivity index (χ3n) is 2.66. The van der Waals surface area contributed by atoms with Crippen LogP contribution in [0.2, 0.25) is 0 Å².